The summed E-state index contributed by atoms with van der Waals surface area (Å²) in [6.07, 6.45) is 4.28. The average molecular weight is 532 g/mol. The summed E-state index contributed by atoms with van der Waals surface area (Å²) < 4.78 is 11.4. The molecule has 0 fully saturated rings. The predicted octanol–water partition coefficient (Wildman–Crippen LogP) is 11.1. The number of hydrogen-bond acceptors (Lipinski definition) is 2. The first-order chi connectivity index (χ1) is 19.7. The molecule has 0 aliphatic rings. The lowest BCUT2D eigenvalue weighted by molar-refractivity contribution is 0.666. The molecule has 0 saturated carbocycles. The van der Waals surface area contributed by atoms with Gasteiger partial charge < -0.3 is 8.98 Å². The highest BCUT2D eigenvalue weighted by atomic mass is 32.1. The number of thiophene rings is 1. The van der Waals surface area contributed by atoms with Crippen LogP contribution in [0.5, 0.6) is 0 Å². The van der Waals surface area contributed by atoms with Crippen molar-refractivity contribution in [3.8, 4) is 5.69 Å². The molecule has 3 aromatic heterocycles. The summed E-state index contributed by atoms with van der Waals surface area (Å²) in [5.41, 5.74) is 8.57. The maximum Gasteiger partial charge on any atom is 0.159 e. The van der Waals surface area contributed by atoms with Crippen molar-refractivity contribution in [2.24, 2.45) is 0 Å². The van der Waals surface area contributed by atoms with Gasteiger partial charge in [-0.05, 0) is 66.6 Å². The number of rotatable bonds is 4. The molecular weight excluding hydrogens is 506 g/mol. The minimum Gasteiger partial charge on any atom is -0.454 e. The molecule has 0 amide bonds. The second kappa shape index (κ2) is 8.84. The molecule has 8 rings (SSSR count). The third kappa shape index (κ3) is 3.35. The average Bonchev–Trinajstić information content (AvgIpc) is 3.66. The molecule has 0 unspecified atom stereocenters. The van der Waals surface area contributed by atoms with E-state index in [1.54, 1.807) is 0 Å². The number of para-hydroxylation sites is 3. The molecule has 0 bridgehead atoms. The van der Waals surface area contributed by atoms with Gasteiger partial charge in [0.05, 0.1) is 16.9 Å². The normalized spacial score (nSPS) is 12.4. The van der Waals surface area contributed by atoms with E-state index in [9.17, 15) is 0 Å². The van der Waals surface area contributed by atoms with E-state index < -0.39 is 0 Å². The second-order valence-corrected chi connectivity index (χ2v) is 11.3. The van der Waals surface area contributed by atoms with Gasteiger partial charge in [-0.25, -0.2) is 0 Å². The predicted molar refractivity (Wildman–Crippen MR) is 174 cm³/mol. The maximum absolute atomic E-state index is 6.44. The third-order valence-corrected chi connectivity index (χ3v) is 9.11. The zero-order valence-electron chi connectivity index (χ0n) is 22.0. The van der Waals surface area contributed by atoms with Gasteiger partial charge in [0, 0.05) is 41.9 Å². The monoisotopic (exact) mass is 531 g/mol. The van der Waals surface area contributed by atoms with Gasteiger partial charge in [-0.2, -0.15) is 0 Å². The lowest BCUT2D eigenvalue weighted by Crippen LogP contribution is -1.97. The Morgan fingerprint density at radius 1 is 0.725 bits per heavy atom. The molecule has 0 saturated heterocycles. The Hall–Kier alpha value is -4.86. The number of nitrogens with zero attached hydrogens (tertiary/aromatic N) is 1. The van der Waals surface area contributed by atoms with E-state index in [4.69, 9.17) is 4.42 Å². The molecule has 0 aliphatic heterocycles. The van der Waals surface area contributed by atoms with Gasteiger partial charge in [0.2, 0.25) is 0 Å². The number of allylic oxidation sites excluding steroid dienone is 1. The van der Waals surface area contributed by atoms with Gasteiger partial charge in [-0.3, -0.25) is 0 Å². The summed E-state index contributed by atoms with van der Waals surface area (Å²) in [6, 6.07) is 38.7. The summed E-state index contributed by atoms with van der Waals surface area (Å²) in [4.78, 5) is 0. The minimum atomic E-state index is 0.884. The van der Waals surface area contributed by atoms with Crippen molar-refractivity contribution < 1.29 is 4.42 Å². The fraction of sp³-hybridized carbons (Fsp3) is 0.0270. The minimum absolute atomic E-state index is 0.884. The summed E-state index contributed by atoms with van der Waals surface area (Å²) in [5.74, 6) is 0. The van der Waals surface area contributed by atoms with Crippen LogP contribution in [-0.4, -0.2) is 4.57 Å². The summed E-state index contributed by atoms with van der Waals surface area (Å²) >= 11 is 1.85. The highest BCUT2D eigenvalue weighted by molar-refractivity contribution is 7.25. The van der Waals surface area contributed by atoms with Crippen LogP contribution in [0.1, 0.15) is 23.7 Å². The lowest BCUT2D eigenvalue weighted by atomic mass is 10.0. The molecule has 0 aliphatic carbocycles. The number of hydrogen-bond donors (Lipinski definition) is 0. The molecule has 2 nitrogen and oxygen atoms in total. The topological polar surface area (TPSA) is 18.1 Å². The fourth-order valence-corrected chi connectivity index (χ4v) is 7.16. The zero-order chi connectivity index (χ0) is 26.8. The first kappa shape index (κ1) is 23.1. The number of furan rings is 1. The Morgan fingerprint density at radius 3 is 2.33 bits per heavy atom. The van der Waals surface area contributed by atoms with Crippen LogP contribution in [0.4, 0.5) is 0 Å². The van der Waals surface area contributed by atoms with Gasteiger partial charge in [0.1, 0.15) is 5.58 Å². The number of fused-ring (bicyclic) bond motifs is 7. The van der Waals surface area contributed by atoms with Crippen LogP contribution in [0, 0.1) is 0 Å². The SMILES string of the molecule is C=Cc1c(/C=C(\C)c2ccc3sc4ccccc4c3c2)c2ccccc2n1-c1cccc2c1oc1ccccc12. The van der Waals surface area contributed by atoms with Gasteiger partial charge in [-0.15, -0.1) is 11.3 Å². The van der Waals surface area contributed by atoms with Crippen molar-refractivity contribution in [3.63, 3.8) is 0 Å². The van der Waals surface area contributed by atoms with Crippen molar-refractivity contribution in [2.45, 2.75) is 6.92 Å². The van der Waals surface area contributed by atoms with Crippen LogP contribution >= 0.6 is 11.3 Å². The smallest absolute Gasteiger partial charge is 0.159 e. The molecule has 3 heteroatoms. The number of benzene rings is 5. The Labute approximate surface area is 235 Å². The van der Waals surface area contributed by atoms with Gasteiger partial charge in [0.15, 0.2) is 5.58 Å². The molecular formula is C37H25NOS. The van der Waals surface area contributed by atoms with Crippen LogP contribution in [0.2, 0.25) is 0 Å². The van der Waals surface area contributed by atoms with E-state index in [-0.39, 0.29) is 0 Å². The van der Waals surface area contributed by atoms with E-state index >= 15 is 0 Å². The Morgan fingerprint density at radius 2 is 1.45 bits per heavy atom. The van der Waals surface area contributed by atoms with E-state index in [1.807, 2.05) is 29.5 Å². The Balaban J connectivity index is 1.36. The molecule has 190 valence electrons. The van der Waals surface area contributed by atoms with Gasteiger partial charge in [0.25, 0.3) is 0 Å². The van der Waals surface area contributed by atoms with Crippen LogP contribution < -0.4 is 0 Å². The summed E-state index contributed by atoms with van der Waals surface area (Å²) in [5, 5.41) is 6.06. The zero-order valence-corrected chi connectivity index (χ0v) is 22.8. The van der Waals surface area contributed by atoms with Crippen LogP contribution in [0.3, 0.4) is 0 Å². The van der Waals surface area contributed by atoms with Crippen molar-refractivity contribution in [3.05, 3.63) is 133 Å². The molecule has 40 heavy (non-hydrogen) atoms. The second-order valence-electron chi connectivity index (χ2n) is 10.2. The highest BCUT2D eigenvalue weighted by Gasteiger charge is 2.19. The molecule has 0 radical (unpaired) electrons. The standard InChI is InChI=1S/C37H25NOS/c1-3-31-29(21-23(2)24-19-20-36-30(22-24)27-13-6-9-18-35(27)40-36)25-11-4-7-15-32(25)38(31)33-16-10-14-28-26-12-5-8-17-34(26)39-37(28)33/h3-22H,1H2,2H3/b23-21+. The van der Waals surface area contributed by atoms with E-state index in [0.29, 0.717) is 0 Å². The van der Waals surface area contributed by atoms with Gasteiger partial charge >= 0.3 is 0 Å². The molecule has 0 atom stereocenters. The van der Waals surface area contributed by atoms with Crippen molar-refractivity contribution in [2.75, 3.05) is 0 Å². The highest BCUT2D eigenvalue weighted by Crippen LogP contribution is 2.39. The van der Waals surface area contributed by atoms with Crippen molar-refractivity contribution in [1.82, 2.24) is 4.57 Å². The van der Waals surface area contributed by atoms with E-state index in [2.05, 4.69) is 121 Å². The Kier molecular flexibility index (Phi) is 5.10. The molecule has 3 heterocycles. The van der Waals surface area contributed by atoms with Crippen LogP contribution in [0.15, 0.2) is 120 Å². The molecule has 0 N–H and O–H groups in total. The first-order valence-corrected chi connectivity index (χ1v) is 14.3. The summed E-state index contributed by atoms with van der Waals surface area (Å²) in [6.45, 7) is 6.47. The van der Waals surface area contributed by atoms with Crippen LogP contribution in [-0.2, 0) is 0 Å². The van der Waals surface area contributed by atoms with E-state index in [0.717, 1.165) is 44.4 Å². The van der Waals surface area contributed by atoms with Crippen LogP contribution in [0.25, 0.3) is 76.4 Å². The third-order valence-electron chi connectivity index (χ3n) is 7.96. The molecule has 8 aromatic rings. The number of aromatic nitrogens is 1. The molecule has 0 spiro atoms. The van der Waals surface area contributed by atoms with Crippen molar-refractivity contribution >= 4 is 82.1 Å². The fourth-order valence-electron chi connectivity index (χ4n) is 6.08. The maximum atomic E-state index is 6.44. The van der Waals surface area contributed by atoms with Gasteiger partial charge in [-0.1, -0.05) is 79.4 Å². The van der Waals surface area contributed by atoms with E-state index in [1.165, 1.54) is 36.7 Å². The molecule has 5 aromatic carbocycles. The summed E-state index contributed by atoms with van der Waals surface area (Å²) in [7, 11) is 0. The lowest BCUT2D eigenvalue weighted by Gasteiger charge is -2.10. The Bertz CT molecular complexity index is 2310. The largest absolute Gasteiger partial charge is 0.454 e. The quantitative estimate of drug-likeness (QED) is 0.221. The first-order valence-electron chi connectivity index (χ1n) is 13.5. The van der Waals surface area contributed by atoms with Crippen molar-refractivity contribution in [1.29, 1.82) is 0 Å².